The Morgan fingerprint density at radius 1 is 0.920 bits per heavy atom. The summed E-state index contributed by atoms with van der Waals surface area (Å²) in [4.78, 5) is 2.57. The zero-order valence-corrected chi connectivity index (χ0v) is 16.0. The number of benzene rings is 2. The SMILES string of the molecule is Clc1ccc(COCC2CCN(CCc3ccccc3)CC2)cc1Cl. The molecular weight excluding hydrogens is 353 g/mol. The lowest BCUT2D eigenvalue weighted by Gasteiger charge is -2.31. The molecule has 3 rings (SSSR count). The van der Waals surface area contributed by atoms with Gasteiger partial charge in [0.15, 0.2) is 0 Å². The summed E-state index contributed by atoms with van der Waals surface area (Å²) >= 11 is 12.0. The lowest BCUT2D eigenvalue weighted by atomic mass is 9.97. The summed E-state index contributed by atoms with van der Waals surface area (Å²) in [5.74, 6) is 0.663. The van der Waals surface area contributed by atoms with Crippen molar-refractivity contribution in [3.05, 3.63) is 69.7 Å². The van der Waals surface area contributed by atoms with E-state index in [0.29, 0.717) is 22.6 Å². The van der Waals surface area contributed by atoms with E-state index in [1.54, 1.807) is 0 Å². The van der Waals surface area contributed by atoms with Gasteiger partial charge in [0.1, 0.15) is 0 Å². The first kappa shape index (κ1) is 18.7. The van der Waals surface area contributed by atoms with Gasteiger partial charge in [0, 0.05) is 13.2 Å². The summed E-state index contributed by atoms with van der Waals surface area (Å²) in [5, 5.41) is 1.18. The van der Waals surface area contributed by atoms with E-state index in [-0.39, 0.29) is 0 Å². The normalized spacial score (nSPS) is 16.2. The van der Waals surface area contributed by atoms with Crippen LogP contribution in [0.25, 0.3) is 0 Å². The molecule has 134 valence electrons. The highest BCUT2D eigenvalue weighted by Gasteiger charge is 2.19. The molecule has 0 saturated carbocycles. The minimum absolute atomic E-state index is 0.591. The van der Waals surface area contributed by atoms with E-state index in [1.165, 1.54) is 31.5 Å². The summed E-state index contributed by atoms with van der Waals surface area (Å²) in [6.45, 7) is 4.93. The molecule has 1 aliphatic rings. The van der Waals surface area contributed by atoms with Crippen LogP contribution in [0.5, 0.6) is 0 Å². The molecule has 2 nitrogen and oxygen atoms in total. The number of halogens is 2. The Labute approximate surface area is 160 Å². The number of nitrogens with zero attached hydrogens (tertiary/aromatic N) is 1. The van der Waals surface area contributed by atoms with Gasteiger partial charge < -0.3 is 9.64 Å². The molecule has 1 aliphatic heterocycles. The van der Waals surface area contributed by atoms with E-state index in [9.17, 15) is 0 Å². The van der Waals surface area contributed by atoms with E-state index in [1.807, 2.05) is 18.2 Å². The molecule has 0 unspecified atom stereocenters. The summed E-state index contributed by atoms with van der Waals surface area (Å²) in [7, 11) is 0. The maximum atomic E-state index is 6.04. The largest absolute Gasteiger partial charge is 0.376 e. The molecule has 0 bridgehead atoms. The van der Waals surface area contributed by atoms with Crippen molar-refractivity contribution >= 4 is 23.2 Å². The van der Waals surface area contributed by atoms with Gasteiger partial charge in [-0.05, 0) is 61.5 Å². The van der Waals surface area contributed by atoms with Gasteiger partial charge in [-0.3, -0.25) is 0 Å². The monoisotopic (exact) mass is 377 g/mol. The molecular formula is C21H25Cl2NO. The maximum absolute atomic E-state index is 6.04. The highest BCUT2D eigenvalue weighted by molar-refractivity contribution is 6.42. The van der Waals surface area contributed by atoms with Crippen LogP contribution in [0.4, 0.5) is 0 Å². The van der Waals surface area contributed by atoms with Gasteiger partial charge >= 0.3 is 0 Å². The second-order valence-corrected chi connectivity index (χ2v) is 7.60. The van der Waals surface area contributed by atoms with Crippen molar-refractivity contribution in [3.63, 3.8) is 0 Å². The molecule has 1 heterocycles. The third kappa shape index (κ3) is 6.00. The van der Waals surface area contributed by atoms with Crippen molar-refractivity contribution < 1.29 is 4.74 Å². The number of likely N-dealkylation sites (tertiary alicyclic amines) is 1. The van der Waals surface area contributed by atoms with Crippen LogP contribution in [0.1, 0.15) is 24.0 Å². The van der Waals surface area contributed by atoms with Gasteiger partial charge in [-0.15, -0.1) is 0 Å². The summed E-state index contributed by atoms with van der Waals surface area (Å²) in [6, 6.07) is 16.4. The Balaban J connectivity index is 1.33. The van der Waals surface area contributed by atoms with Crippen LogP contribution in [-0.4, -0.2) is 31.1 Å². The van der Waals surface area contributed by atoms with E-state index in [0.717, 1.165) is 25.1 Å². The Bertz CT molecular complexity index is 654. The molecule has 0 amide bonds. The smallest absolute Gasteiger partial charge is 0.0717 e. The van der Waals surface area contributed by atoms with E-state index < -0.39 is 0 Å². The maximum Gasteiger partial charge on any atom is 0.0717 e. The zero-order chi connectivity index (χ0) is 17.5. The standard InChI is InChI=1S/C21H25Cl2NO/c22-20-7-6-19(14-21(20)23)16-25-15-18-9-12-24(13-10-18)11-8-17-4-2-1-3-5-17/h1-7,14,18H,8-13,15-16H2. The highest BCUT2D eigenvalue weighted by Crippen LogP contribution is 2.23. The van der Waals surface area contributed by atoms with Crippen LogP contribution in [-0.2, 0) is 17.8 Å². The van der Waals surface area contributed by atoms with Gasteiger partial charge in [-0.1, -0.05) is 59.6 Å². The Morgan fingerprint density at radius 2 is 1.68 bits per heavy atom. The minimum Gasteiger partial charge on any atom is -0.376 e. The van der Waals surface area contributed by atoms with Crippen LogP contribution in [0.3, 0.4) is 0 Å². The molecule has 1 saturated heterocycles. The van der Waals surface area contributed by atoms with Crippen molar-refractivity contribution in [1.82, 2.24) is 4.90 Å². The molecule has 1 fully saturated rings. The summed E-state index contributed by atoms with van der Waals surface area (Å²) in [5.41, 5.74) is 2.50. The van der Waals surface area contributed by atoms with Crippen LogP contribution in [0.15, 0.2) is 48.5 Å². The summed E-state index contributed by atoms with van der Waals surface area (Å²) < 4.78 is 5.90. The van der Waals surface area contributed by atoms with Crippen molar-refractivity contribution in [2.24, 2.45) is 5.92 Å². The highest BCUT2D eigenvalue weighted by atomic mass is 35.5. The van der Waals surface area contributed by atoms with Gasteiger partial charge in [0.2, 0.25) is 0 Å². The Morgan fingerprint density at radius 3 is 2.40 bits per heavy atom. The van der Waals surface area contributed by atoms with Gasteiger partial charge in [0.05, 0.1) is 16.7 Å². The zero-order valence-electron chi connectivity index (χ0n) is 14.5. The molecule has 4 heteroatoms. The molecule has 0 spiro atoms. The van der Waals surface area contributed by atoms with Crippen molar-refractivity contribution in [2.75, 3.05) is 26.2 Å². The first-order valence-corrected chi connectivity index (χ1v) is 9.74. The number of piperidine rings is 1. The predicted octanol–water partition coefficient (Wildman–Crippen LogP) is 5.46. The van der Waals surface area contributed by atoms with E-state index >= 15 is 0 Å². The second kappa shape index (κ2) is 9.59. The lowest BCUT2D eigenvalue weighted by molar-refractivity contribution is 0.0579. The molecule has 0 radical (unpaired) electrons. The molecule has 0 atom stereocenters. The molecule has 2 aromatic rings. The molecule has 2 aromatic carbocycles. The number of rotatable bonds is 7. The van der Waals surface area contributed by atoms with Crippen LogP contribution in [0.2, 0.25) is 10.0 Å². The van der Waals surface area contributed by atoms with E-state index in [4.69, 9.17) is 27.9 Å². The van der Waals surface area contributed by atoms with Crippen molar-refractivity contribution in [1.29, 1.82) is 0 Å². The predicted molar refractivity (Wildman–Crippen MR) is 105 cm³/mol. The lowest BCUT2D eigenvalue weighted by Crippen LogP contribution is -2.36. The topological polar surface area (TPSA) is 12.5 Å². The third-order valence-electron chi connectivity index (χ3n) is 4.87. The molecule has 0 aromatic heterocycles. The quantitative estimate of drug-likeness (QED) is 0.634. The minimum atomic E-state index is 0.591. The van der Waals surface area contributed by atoms with Gasteiger partial charge in [-0.25, -0.2) is 0 Å². The first-order valence-electron chi connectivity index (χ1n) is 8.98. The average molecular weight is 378 g/mol. The van der Waals surface area contributed by atoms with Gasteiger partial charge in [-0.2, -0.15) is 0 Å². The van der Waals surface area contributed by atoms with Crippen LogP contribution < -0.4 is 0 Å². The average Bonchev–Trinajstić information content (AvgIpc) is 2.65. The fourth-order valence-electron chi connectivity index (χ4n) is 3.28. The number of hydrogen-bond acceptors (Lipinski definition) is 2. The number of ether oxygens (including phenoxy) is 1. The second-order valence-electron chi connectivity index (χ2n) is 6.78. The Hall–Kier alpha value is -1.06. The molecule has 0 N–H and O–H groups in total. The first-order chi connectivity index (χ1) is 12.2. The van der Waals surface area contributed by atoms with Crippen molar-refractivity contribution in [3.8, 4) is 0 Å². The van der Waals surface area contributed by atoms with Crippen molar-refractivity contribution in [2.45, 2.75) is 25.9 Å². The molecule has 25 heavy (non-hydrogen) atoms. The fraction of sp³-hybridized carbons (Fsp3) is 0.429. The van der Waals surface area contributed by atoms with Gasteiger partial charge in [0.25, 0.3) is 0 Å². The number of hydrogen-bond donors (Lipinski definition) is 0. The van der Waals surface area contributed by atoms with Crippen LogP contribution in [0, 0.1) is 5.92 Å². The summed E-state index contributed by atoms with van der Waals surface area (Å²) in [6.07, 6.45) is 3.58. The van der Waals surface area contributed by atoms with E-state index in [2.05, 4.69) is 35.2 Å². The molecule has 0 aliphatic carbocycles. The Kier molecular flexibility index (Phi) is 7.18. The fourth-order valence-corrected chi connectivity index (χ4v) is 3.60. The third-order valence-corrected chi connectivity index (χ3v) is 5.61. The van der Waals surface area contributed by atoms with Crippen LogP contribution >= 0.6 is 23.2 Å².